The third-order valence-corrected chi connectivity index (χ3v) is 5.91. The molecule has 1 fully saturated rings. The van der Waals surface area contributed by atoms with Crippen LogP contribution in [-0.4, -0.2) is 73.9 Å². The lowest BCUT2D eigenvalue weighted by Crippen LogP contribution is -2.26. The minimum absolute atomic E-state index is 0.830. The van der Waals surface area contributed by atoms with Gasteiger partial charge in [0, 0.05) is 60.7 Å². The summed E-state index contributed by atoms with van der Waals surface area (Å²) in [5, 5.41) is 6.83. The molecule has 0 aliphatic carbocycles. The zero-order chi connectivity index (χ0) is 12.7. The molecule has 0 aromatic carbocycles. The van der Waals surface area contributed by atoms with Crippen LogP contribution in [0.3, 0.4) is 0 Å². The van der Waals surface area contributed by atoms with Crippen LogP contribution in [0.25, 0.3) is 0 Å². The summed E-state index contributed by atoms with van der Waals surface area (Å²) in [6, 6.07) is 0. The van der Waals surface area contributed by atoms with Crippen LogP contribution in [0.4, 0.5) is 0 Å². The molecule has 0 atom stereocenters. The molecule has 0 bridgehead atoms. The van der Waals surface area contributed by atoms with E-state index in [-0.39, 0.29) is 0 Å². The lowest BCUT2D eigenvalue weighted by atomic mass is 10.6. The zero-order valence-corrected chi connectivity index (χ0v) is 13.6. The molecule has 0 radical (unpaired) electrons. The molecule has 18 heavy (non-hydrogen) atoms. The minimum Gasteiger partial charge on any atom is -0.379 e. The van der Waals surface area contributed by atoms with Gasteiger partial charge in [0.25, 0.3) is 0 Å². The van der Waals surface area contributed by atoms with Crippen LogP contribution in [0.1, 0.15) is 0 Å². The second-order valence-electron chi connectivity index (χ2n) is 3.95. The maximum atomic E-state index is 5.54. The molecular formula is C12H26N2OS3. The van der Waals surface area contributed by atoms with Gasteiger partial charge < -0.3 is 15.4 Å². The lowest BCUT2D eigenvalue weighted by molar-refractivity contribution is 0.138. The summed E-state index contributed by atoms with van der Waals surface area (Å²) in [4.78, 5) is 0. The zero-order valence-electron chi connectivity index (χ0n) is 11.1. The van der Waals surface area contributed by atoms with Crippen molar-refractivity contribution in [1.29, 1.82) is 0 Å². The molecule has 1 aliphatic heterocycles. The minimum atomic E-state index is 0.830. The molecule has 2 N–H and O–H groups in total. The number of nitrogens with one attached hydrogen (secondary N) is 2. The summed E-state index contributed by atoms with van der Waals surface area (Å²) in [5.74, 6) is 7.61. The van der Waals surface area contributed by atoms with E-state index in [0.29, 0.717) is 0 Å². The predicted octanol–water partition coefficient (Wildman–Crippen LogP) is 1.40. The van der Waals surface area contributed by atoms with Crippen LogP contribution in [0.15, 0.2) is 0 Å². The molecular weight excluding hydrogens is 284 g/mol. The van der Waals surface area contributed by atoms with Gasteiger partial charge in [-0.3, -0.25) is 0 Å². The molecule has 0 amide bonds. The first-order valence-corrected chi connectivity index (χ1v) is 10.2. The summed E-state index contributed by atoms with van der Waals surface area (Å²) in [5.41, 5.74) is 0. The molecule has 0 unspecified atom stereocenters. The van der Waals surface area contributed by atoms with Crippen molar-refractivity contribution in [3.05, 3.63) is 0 Å². The maximum Gasteiger partial charge on any atom is 0.0591 e. The highest BCUT2D eigenvalue weighted by Gasteiger charge is 1.95. The highest BCUT2D eigenvalue weighted by Crippen LogP contribution is 2.09. The van der Waals surface area contributed by atoms with Crippen LogP contribution >= 0.6 is 35.3 Å². The molecule has 0 saturated carbocycles. The van der Waals surface area contributed by atoms with Crippen LogP contribution in [-0.2, 0) is 4.74 Å². The van der Waals surface area contributed by atoms with Crippen LogP contribution < -0.4 is 10.6 Å². The van der Waals surface area contributed by atoms with Gasteiger partial charge in [-0.1, -0.05) is 0 Å². The van der Waals surface area contributed by atoms with Crippen LogP contribution in [0.2, 0.25) is 0 Å². The summed E-state index contributed by atoms with van der Waals surface area (Å²) < 4.78 is 5.54. The second-order valence-corrected chi connectivity index (χ2v) is 7.62. The highest BCUT2D eigenvalue weighted by molar-refractivity contribution is 8.04. The van der Waals surface area contributed by atoms with Crippen molar-refractivity contribution in [2.24, 2.45) is 0 Å². The quantitative estimate of drug-likeness (QED) is 0.704. The van der Waals surface area contributed by atoms with E-state index in [2.05, 4.69) is 45.9 Å². The lowest BCUT2D eigenvalue weighted by Gasteiger charge is -2.08. The highest BCUT2D eigenvalue weighted by atomic mass is 32.2. The van der Waals surface area contributed by atoms with E-state index in [1.54, 1.807) is 0 Å². The maximum absolute atomic E-state index is 5.54. The molecule has 108 valence electrons. The normalized spacial score (nSPS) is 24.0. The third kappa shape index (κ3) is 12.0. The molecule has 6 heteroatoms. The standard InChI is InChI=1S/C12H26N2OS3/c1-5-15-6-2-14-4-8-17-10-12-18-11-9-16-7-3-13-1/h13-14H,1-12H2. The molecule has 3 nitrogen and oxygen atoms in total. The molecule has 0 aromatic heterocycles. The Labute approximate surface area is 124 Å². The van der Waals surface area contributed by atoms with Gasteiger partial charge in [0.2, 0.25) is 0 Å². The number of hydrogen-bond donors (Lipinski definition) is 2. The van der Waals surface area contributed by atoms with Gasteiger partial charge in [-0.15, -0.1) is 0 Å². The van der Waals surface area contributed by atoms with Gasteiger partial charge in [0.1, 0.15) is 0 Å². The molecule has 1 heterocycles. The van der Waals surface area contributed by atoms with Gasteiger partial charge in [0.15, 0.2) is 0 Å². The largest absolute Gasteiger partial charge is 0.379 e. The van der Waals surface area contributed by atoms with Crippen molar-refractivity contribution in [1.82, 2.24) is 10.6 Å². The van der Waals surface area contributed by atoms with Gasteiger partial charge in [0.05, 0.1) is 13.2 Å². The van der Waals surface area contributed by atoms with Crippen molar-refractivity contribution < 1.29 is 4.74 Å². The Morgan fingerprint density at radius 3 is 1.50 bits per heavy atom. The molecule has 1 rings (SSSR count). The topological polar surface area (TPSA) is 33.3 Å². The Morgan fingerprint density at radius 1 is 0.556 bits per heavy atom. The van der Waals surface area contributed by atoms with Gasteiger partial charge in [-0.25, -0.2) is 0 Å². The first-order valence-electron chi connectivity index (χ1n) is 6.72. The number of ether oxygens (including phenoxy) is 1. The van der Waals surface area contributed by atoms with E-state index < -0.39 is 0 Å². The third-order valence-electron chi connectivity index (χ3n) is 2.44. The summed E-state index contributed by atoms with van der Waals surface area (Å²) in [6.45, 7) is 5.82. The smallest absolute Gasteiger partial charge is 0.0591 e. The van der Waals surface area contributed by atoms with Crippen molar-refractivity contribution in [3.63, 3.8) is 0 Å². The van der Waals surface area contributed by atoms with Crippen molar-refractivity contribution >= 4 is 35.3 Å². The molecule has 0 aromatic rings. The first-order chi connectivity index (χ1) is 9.00. The Morgan fingerprint density at radius 2 is 1.00 bits per heavy atom. The average molecular weight is 311 g/mol. The number of hydrogen-bond acceptors (Lipinski definition) is 6. The van der Waals surface area contributed by atoms with E-state index in [4.69, 9.17) is 4.74 Å². The van der Waals surface area contributed by atoms with Gasteiger partial charge >= 0.3 is 0 Å². The Bertz CT molecular complexity index is 100. The second kappa shape index (κ2) is 14.3. The van der Waals surface area contributed by atoms with E-state index in [1.807, 2.05) is 0 Å². The van der Waals surface area contributed by atoms with Crippen molar-refractivity contribution in [3.8, 4) is 0 Å². The van der Waals surface area contributed by atoms with E-state index in [9.17, 15) is 0 Å². The average Bonchev–Trinajstić information content (AvgIpc) is 2.39. The Hall–Kier alpha value is 0.930. The van der Waals surface area contributed by atoms with Crippen molar-refractivity contribution in [2.45, 2.75) is 0 Å². The monoisotopic (exact) mass is 310 g/mol. The summed E-state index contributed by atoms with van der Waals surface area (Å²) in [7, 11) is 0. The van der Waals surface area contributed by atoms with E-state index in [1.165, 1.54) is 34.5 Å². The SMILES string of the molecule is C1COCCNCCSCCSCCSCCN1. The number of thioether (sulfide) groups is 3. The Balaban J connectivity index is 2.00. The fourth-order valence-corrected chi connectivity index (χ4v) is 4.55. The summed E-state index contributed by atoms with van der Waals surface area (Å²) in [6.07, 6.45) is 0. The predicted molar refractivity (Wildman–Crippen MR) is 88.5 cm³/mol. The van der Waals surface area contributed by atoms with Gasteiger partial charge in [-0.05, 0) is 0 Å². The van der Waals surface area contributed by atoms with Crippen LogP contribution in [0, 0.1) is 0 Å². The fraction of sp³-hybridized carbons (Fsp3) is 1.00. The number of rotatable bonds is 0. The first kappa shape index (κ1) is 17.0. The van der Waals surface area contributed by atoms with Crippen LogP contribution in [0.5, 0.6) is 0 Å². The summed E-state index contributed by atoms with van der Waals surface area (Å²) >= 11 is 6.21. The van der Waals surface area contributed by atoms with Crippen molar-refractivity contribution in [2.75, 3.05) is 73.9 Å². The molecule has 1 aliphatic rings. The Kier molecular flexibility index (Phi) is 13.5. The molecule has 0 spiro atoms. The van der Waals surface area contributed by atoms with E-state index in [0.717, 1.165) is 39.4 Å². The fourth-order valence-electron chi connectivity index (χ4n) is 1.47. The van der Waals surface area contributed by atoms with Gasteiger partial charge in [-0.2, -0.15) is 35.3 Å². The van der Waals surface area contributed by atoms with E-state index >= 15 is 0 Å². The molecule has 1 saturated heterocycles.